The number of nitrogens with zero attached hydrogens (tertiary/aromatic N) is 4. The van der Waals surface area contributed by atoms with E-state index in [4.69, 9.17) is 4.74 Å². The number of rotatable bonds is 4. The zero-order chi connectivity index (χ0) is 14.7. The minimum Gasteiger partial charge on any atom is -0.376 e. The van der Waals surface area contributed by atoms with E-state index in [1.54, 1.807) is 17.7 Å². The third-order valence-electron chi connectivity index (χ3n) is 3.52. The minimum atomic E-state index is -0.143. The highest BCUT2D eigenvalue weighted by Crippen LogP contribution is 2.15. The van der Waals surface area contributed by atoms with Crippen LogP contribution in [0, 0.1) is 6.92 Å². The van der Waals surface area contributed by atoms with Crippen molar-refractivity contribution in [2.24, 2.45) is 0 Å². The van der Waals surface area contributed by atoms with Gasteiger partial charge in [-0.2, -0.15) is 4.68 Å². The molecule has 0 spiro atoms. The molecule has 1 aliphatic heterocycles. The van der Waals surface area contributed by atoms with Crippen LogP contribution in [0.5, 0.6) is 0 Å². The number of benzene rings is 1. The predicted molar refractivity (Wildman–Crippen MR) is 75.2 cm³/mol. The van der Waals surface area contributed by atoms with Crippen LogP contribution in [-0.4, -0.2) is 45.4 Å². The first-order valence-electron chi connectivity index (χ1n) is 7.00. The Morgan fingerprint density at radius 1 is 1.48 bits per heavy atom. The minimum absolute atomic E-state index is 0.121. The summed E-state index contributed by atoms with van der Waals surface area (Å²) in [7, 11) is 0. The monoisotopic (exact) mass is 287 g/mol. The lowest BCUT2D eigenvalue weighted by molar-refractivity contribution is 0.0857. The first-order valence-corrected chi connectivity index (χ1v) is 7.00. The first kappa shape index (κ1) is 13.7. The lowest BCUT2D eigenvalue weighted by Crippen LogP contribution is -2.32. The van der Waals surface area contributed by atoms with Crippen LogP contribution in [0.1, 0.15) is 29.0 Å². The molecular weight excluding hydrogens is 270 g/mol. The topological polar surface area (TPSA) is 81.9 Å². The van der Waals surface area contributed by atoms with Crippen LogP contribution in [0.2, 0.25) is 0 Å². The number of hydrogen-bond acceptors (Lipinski definition) is 5. The van der Waals surface area contributed by atoms with Gasteiger partial charge in [-0.3, -0.25) is 4.79 Å². The van der Waals surface area contributed by atoms with Crippen molar-refractivity contribution in [3.8, 4) is 5.69 Å². The summed E-state index contributed by atoms with van der Waals surface area (Å²) in [5.74, 6) is 0.491. The molecule has 1 N–H and O–H groups in total. The largest absolute Gasteiger partial charge is 0.376 e. The van der Waals surface area contributed by atoms with Gasteiger partial charge >= 0.3 is 0 Å². The SMILES string of the molecule is Cc1nnnn1-c1ccccc1C(=O)NC[C@H]1CCCO1. The molecule has 3 rings (SSSR count). The third kappa shape index (κ3) is 2.92. The Balaban J connectivity index is 1.78. The number of carbonyl (C=O) groups is 1. The average Bonchev–Trinajstić information content (AvgIpc) is 3.16. The molecule has 7 heteroatoms. The van der Waals surface area contributed by atoms with Gasteiger partial charge in [0, 0.05) is 13.2 Å². The summed E-state index contributed by atoms with van der Waals surface area (Å²) < 4.78 is 7.07. The van der Waals surface area contributed by atoms with Gasteiger partial charge in [0.2, 0.25) is 0 Å². The number of para-hydroxylation sites is 1. The molecule has 1 fully saturated rings. The van der Waals surface area contributed by atoms with Gasteiger partial charge in [-0.1, -0.05) is 12.1 Å². The Bertz CT molecular complexity index is 634. The summed E-state index contributed by atoms with van der Waals surface area (Å²) >= 11 is 0. The van der Waals surface area contributed by atoms with Crippen LogP contribution in [0.3, 0.4) is 0 Å². The van der Waals surface area contributed by atoms with Crippen molar-refractivity contribution < 1.29 is 9.53 Å². The Labute approximate surface area is 122 Å². The van der Waals surface area contributed by atoms with Gasteiger partial charge in [-0.25, -0.2) is 0 Å². The van der Waals surface area contributed by atoms with Crippen molar-refractivity contribution in [2.75, 3.05) is 13.2 Å². The molecule has 0 radical (unpaired) electrons. The zero-order valence-corrected chi connectivity index (χ0v) is 11.8. The van der Waals surface area contributed by atoms with E-state index in [1.165, 1.54) is 0 Å². The maximum Gasteiger partial charge on any atom is 0.253 e. The van der Waals surface area contributed by atoms with E-state index in [2.05, 4.69) is 20.8 Å². The second-order valence-corrected chi connectivity index (χ2v) is 5.00. The lowest BCUT2D eigenvalue weighted by Gasteiger charge is -2.13. The quantitative estimate of drug-likeness (QED) is 0.902. The molecule has 1 atom stereocenters. The Morgan fingerprint density at radius 3 is 3.05 bits per heavy atom. The Hall–Kier alpha value is -2.28. The van der Waals surface area contributed by atoms with Crippen molar-refractivity contribution in [1.82, 2.24) is 25.5 Å². The van der Waals surface area contributed by atoms with Crippen molar-refractivity contribution in [2.45, 2.75) is 25.9 Å². The van der Waals surface area contributed by atoms with Crippen molar-refractivity contribution in [3.05, 3.63) is 35.7 Å². The molecule has 0 bridgehead atoms. The maximum absolute atomic E-state index is 12.4. The molecule has 7 nitrogen and oxygen atoms in total. The van der Waals surface area contributed by atoms with Crippen LogP contribution in [0.4, 0.5) is 0 Å². The molecule has 1 aliphatic rings. The lowest BCUT2D eigenvalue weighted by atomic mass is 10.1. The molecule has 0 unspecified atom stereocenters. The van der Waals surface area contributed by atoms with Crippen LogP contribution < -0.4 is 5.32 Å². The van der Waals surface area contributed by atoms with Crippen molar-refractivity contribution >= 4 is 5.91 Å². The van der Waals surface area contributed by atoms with Gasteiger partial charge in [0.1, 0.15) is 0 Å². The molecule has 1 aromatic heterocycles. The van der Waals surface area contributed by atoms with Crippen LogP contribution in [0.25, 0.3) is 5.69 Å². The van der Waals surface area contributed by atoms with Gasteiger partial charge in [-0.15, -0.1) is 5.10 Å². The van der Waals surface area contributed by atoms with E-state index in [0.29, 0.717) is 23.6 Å². The van der Waals surface area contributed by atoms with E-state index in [-0.39, 0.29) is 12.0 Å². The van der Waals surface area contributed by atoms with Gasteiger partial charge < -0.3 is 10.1 Å². The summed E-state index contributed by atoms with van der Waals surface area (Å²) in [5.41, 5.74) is 1.22. The standard InChI is InChI=1S/C14H17N5O2/c1-10-16-17-18-19(10)13-7-3-2-6-12(13)14(20)15-9-11-5-4-8-21-11/h2-3,6-7,11H,4-5,8-9H2,1H3,(H,15,20)/t11-/m1/s1. The molecule has 1 saturated heterocycles. The van der Waals surface area contributed by atoms with Crippen LogP contribution in [-0.2, 0) is 4.74 Å². The normalized spacial score (nSPS) is 17.9. The summed E-state index contributed by atoms with van der Waals surface area (Å²) in [4.78, 5) is 12.4. The fourth-order valence-corrected chi connectivity index (χ4v) is 2.41. The molecule has 1 amide bonds. The number of hydrogen-bond donors (Lipinski definition) is 1. The van der Waals surface area contributed by atoms with E-state index in [1.807, 2.05) is 18.2 Å². The summed E-state index contributed by atoms with van der Waals surface area (Å²) in [6, 6.07) is 7.27. The molecule has 1 aromatic carbocycles. The van der Waals surface area contributed by atoms with E-state index in [0.717, 1.165) is 19.4 Å². The molecule has 0 aliphatic carbocycles. The summed E-state index contributed by atoms with van der Waals surface area (Å²) in [6.45, 7) is 3.10. The molecule has 0 saturated carbocycles. The number of nitrogens with one attached hydrogen (secondary N) is 1. The van der Waals surface area contributed by atoms with Gasteiger partial charge in [0.05, 0.1) is 17.4 Å². The highest BCUT2D eigenvalue weighted by molar-refractivity contribution is 5.97. The zero-order valence-electron chi connectivity index (χ0n) is 11.8. The number of tetrazole rings is 1. The number of aryl methyl sites for hydroxylation is 1. The molecule has 2 aromatic rings. The molecule has 110 valence electrons. The van der Waals surface area contributed by atoms with Gasteiger partial charge in [0.25, 0.3) is 5.91 Å². The number of aromatic nitrogens is 4. The second kappa shape index (κ2) is 6.01. The predicted octanol–water partition coefficient (Wildman–Crippen LogP) is 0.880. The molecule has 21 heavy (non-hydrogen) atoms. The highest BCUT2D eigenvalue weighted by Gasteiger charge is 2.19. The van der Waals surface area contributed by atoms with Crippen molar-refractivity contribution in [3.63, 3.8) is 0 Å². The second-order valence-electron chi connectivity index (χ2n) is 5.00. The van der Waals surface area contributed by atoms with E-state index in [9.17, 15) is 4.79 Å². The Kier molecular flexibility index (Phi) is 3.92. The molecular formula is C14H17N5O2. The van der Waals surface area contributed by atoms with Gasteiger partial charge in [-0.05, 0) is 42.3 Å². The van der Waals surface area contributed by atoms with Crippen LogP contribution in [0.15, 0.2) is 24.3 Å². The fraction of sp³-hybridized carbons (Fsp3) is 0.429. The number of ether oxygens (including phenoxy) is 1. The van der Waals surface area contributed by atoms with Gasteiger partial charge in [0.15, 0.2) is 5.82 Å². The number of carbonyl (C=O) groups excluding carboxylic acids is 1. The summed E-state index contributed by atoms with van der Waals surface area (Å²) in [6.07, 6.45) is 2.17. The Morgan fingerprint density at radius 2 is 2.33 bits per heavy atom. The highest BCUT2D eigenvalue weighted by atomic mass is 16.5. The summed E-state index contributed by atoms with van der Waals surface area (Å²) in [5, 5.41) is 14.3. The molecule has 2 heterocycles. The van der Waals surface area contributed by atoms with Crippen molar-refractivity contribution in [1.29, 1.82) is 0 Å². The average molecular weight is 287 g/mol. The number of amides is 1. The smallest absolute Gasteiger partial charge is 0.253 e. The van der Waals surface area contributed by atoms with Crippen LogP contribution >= 0.6 is 0 Å². The fourth-order valence-electron chi connectivity index (χ4n) is 2.41. The maximum atomic E-state index is 12.4. The first-order chi connectivity index (χ1) is 10.3. The van der Waals surface area contributed by atoms with E-state index >= 15 is 0 Å². The third-order valence-corrected chi connectivity index (χ3v) is 3.52. The van der Waals surface area contributed by atoms with E-state index < -0.39 is 0 Å².